The number of hydrogen-bond acceptors (Lipinski definition) is 1. The lowest BCUT2D eigenvalue weighted by molar-refractivity contribution is 0.465. The summed E-state index contributed by atoms with van der Waals surface area (Å²) in [5, 5.41) is 3.77. The lowest BCUT2D eigenvalue weighted by Gasteiger charge is -2.21. The van der Waals surface area contributed by atoms with Gasteiger partial charge in [-0.2, -0.15) is 0 Å². The Bertz CT molecular complexity index is 556. The molecule has 0 aliphatic heterocycles. The zero-order valence-corrected chi connectivity index (χ0v) is 11.7. The van der Waals surface area contributed by atoms with E-state index in [2.05, 4.69) is 67.7 Å². The fraction of sp³-hybridized carbons (Fsp3) is 0.333. The van der Waals surface area contributed by atoms with Crippen LogP contribution in [0.1, 0.15) is 47.7 Å². The van der Waals surface area contributed by atoms with E-state index in [4.69, 9.17) is 0 Å². The molecule has 0 spiro atoms. The Morgan fingerprint density at radius 3 is 2.58 bits per heavy atom. The van der Waals surface area contributed by atoms with Gasteiger partial charge in [0, 0.05) is 12.1 Å². The van der Waals surface area contributed by atoms with Gasteiger partial charge in [0.2, 0.25) is 0 Å². The highest BCUT2D eigenvalue weighted by Crippen LogP contribution is 2.32. The second kappa shape index (κ2) is 5.18. The van der Waals surface area contributed by atoms with Crippen LogP contribution in [0.2, 0.25) is 0 Å². The van der Waals surface area contributed by atoms with Gasteiger partial charge in [-0.05, 0) is 43.4 Å². The predicted molar refractivity (Wildman–Crippen MR) is 80.2 cm³/mol. The average Bonchev–Trinajstić information content (AvgIpc) is 2.83. The molecule has 2 aromatic carbocycles. The first-order chi connectivity index (χ1) is 9.24. The van der Waals surface area contributed by atoms with Gasteiger partial charge >= 0.3 is 0 Å². The van der Waals surface area contributed by atoms with Crippen LogP contribution in [0.4, 0.5) is 0 Å². The van der Waals surface area contributed by atoms with Crippen LogP contribution in [-0.2, 0) is 6.42 Å². The van der Waals surface area contributed by atoms with Gasteiger partial charge in [-0.3, -0.25) is 0 Å². The molecule has 0 heterocycles. The van der Waals surface area contributed by atoms with Gasteiger partial charge in [-0.1, -0.05) is 54.1 Å². The maximum Gasteiger partial charge on any atom is 0.0331 e. The minimum absolute atomic E-state index is 0.400. The van der Waals surface area contributed by atoms with E-state index in [1.165, 1.54) is 35.1 Å². The van der Waals surface area contributed by atoms with E-state index >= 15 is 0 Å². The Hall–Kier alpha value is -1.60. The molecule has 1 aliphatic rings. The normalized spacial score (nSPS) is 19.2. The quantitative estimate of drug-likeness (QED) is 0.856. The van der Waals surface area contributed by atoms with Crippen molar-refractivity contribution >= 4 is 0 Å². The van der Waals surface area contributed by atoms with E-state index in [9.17, 15) is 0 Å². The predicted octanol–water partition coefficient (Wildman–Crippen LogP) is 4.33. The smallest absolute Gasteiger partial charge is 0.0331 e. The largest absolute Gasteiger partial charge is 0.303 e. The van der Waals surface area contributed by atoms with Crippen LogP contribution in [0, 0.1) is 6.92 Å². The summed E-state index contributed by atoms with van der Waals surface area (Å²) in [5.41, 5.74) is 5.69. The van der Waals surface area contributed by atoms with Crippen molar-refractivity contribution in [1.29, 1.82) is 0 Å². The van der Waals surface area contributed by atoms with Crippen LogP contribution in [-0.4, -0.2) is 0 Å². The van der Waals surface area contributed by atoms with Gasteiger partial charge in [0.25, 0.3) is 0 Å². The molecule has 0 aromatic heterocycles. The number of hydrogen-bond donors (Lipinski definition) is 1. The van der Waals surface area contributed by atoms with Crippen LogP contribution in [0.15, 0.2) is 48.5 Å². The van der Waals surface area contributed by atoms with Crippen LogP contribution < -0.4 is 5.32 Å². The van der Waals surface area contributed by atoms with Crippen molar-refractivity contribution < 1.29 is 0 Å². The lowest BCUT2D eigenvalue weighted by Crippen LogP contribution is -2.22. The molecule has 1 nitrogen and oxygen atoms in total. The van der Waals surface area contributed by atoms with Gasteiger partial charge < -0.3 is 5.32 Å². The highest BCUT2D eigenvalue weighted by atomic mass is 14.9. The highest BCUT2D eigenvalue weighted by molar-refractivity contribution is 5.35. The van der Waals surface area contributed by atoms with Crippen molar-refractivity contribution in [3.8, 4) is 0 Å². The van der Waals surface area contributed by atoms with E-state index in [0.29, 0.717) is 12.1 Å². The minimum atomic E-state index is 0.400. The van der Waals surface area contributed by atoms with E-state index in [-0.39, 0.29) is 0 Å². The first-order valence-corrected chi connectivity index (χ1v) is 7.14. The lowest BCUT2D eigenvalue weighted by atomic mass is 10.0. The number of nitrogens with one attached hydrogen (secondary N) is 1. The van der Waals surface area contributed by atoms with Crippen LogP contribution in [0.25, 0.3) is 0 Å². The van der Waals surface area contributed by atoms with Gasteiger partial charge in [-0.25, -0.2) is 0 Å². The molecule has 3 rings (SSSR count). The molecular formula is C18H21N. The van der Waals surface area contributed by atoms with Crippen LogP contribution in [0.5, 0.6) is 0 Å². The molecule has 1 N–H and O–H groups in total. The molecule has 0 radical (unpaired) electrons. The molecule has 0 saturated heterocycles. The third-order valence-electron chi connectivity index (χ3n) is 4.16. The van der Waals surface area contributed by atoms with Crippen molar-refractivity contribution in [3.63, 3.8) is 0 Å². The SMILES string of the molecule is Cc1ccc([C@H](C)NC2CCc3ccccc32)cc1. The van der Waals surface area contributed by atoms with Crippen molar-refractivity contribution in [2.24, 2.45) is 0 Å². The minimum Gasteiger partial charge on any atom is -0.303 e. The zero-order valence-electron chi connectivity index (χ0n) is 11.7. The van der Waals surface area contributed by atoms with E-state index in [1.807, 2.05) is 0 Å². The molecule has 2 atom stereocenters. The molecule has 1 unspecified atom stereocenters. The van der Waals surface area contributed by atoms with E-state index in [0.717, 1.165) is 0 Å². The first-order valence-electron chi connectivity index (χ1n) is 7.14. The number of fused-ring (bicyclic) bond motifs is 1. The van der Waals surface area contributed by atoms with Crippen molar-refractivity contribution in [1.82, 2.24) is 5.32 Å². The summed E-state index contributed by atoms with van der Waals surface area (Å²) in [7, 11) is 0. The number of benzene rings is 2. The molecule has 1 heteroatoms. The third kappa shape index (κ3) is 2.57. The summed E-state index contributed by atoms with van der Waals surface area (Å²) in [6.07, 6.45) is 2.42. The fourth-order valence-corrected chi connectivity index (χ4v) is 2.98. The zero-order chi connectivity index (χ0) is 13.2. The maximum atomic E-state index is 3.77. The third-order valence-corrected chi connectivity index (χ3v) is 4.16. The summed E-state index contributed by atoms with van der Waals surface area (Å²) in [5.74, 6) is 0. The first kappa shape index (κ1) is 12.4. The van der Waals surface area contributed by atoms with Gasteiger partial charge in [0.15, 0.2) is 0 Å². The Balaban J connectivity index is 1.74. The Morgan fingerprint density at radius 1 is 1.05 bits per heavy atom. The van der Waals surface area contributed by atoms with Crippen LogP contribution >= 0.6 is 0 Å². The molecule has 1 aliphatic carbocycles. The average molecular weight is 251 g/mol. The highest BCUT2D eigenvalue weighted by Gasteiger charge is 2.23. The summed E-state index contributed by atoms with van der Waals surface area (Å²) in [6, 6.07) is 18.6. The number of aryl methyl sites for hydroxylation is 2. The van der Waals surface area contributed by atoms with Crippen molar-refractivity contribution in [2.75, 3.05) is 0 Å². The summed E-state index contributed by atoms with van der Waals surface area (Å²) >= 11 is 0. The topological polar surface area (TPSA) is 12.0 Å². The second-order valence-electron chi connectivity index (χ2n) is 5.59. The van der Waals surface area contributed by atoms with E-state index < -0.39 is 0 Å². The second-order valence-corrected chi connectivity index (χ2v) is 5.59. The molecule has 0 bridgehead atoms. The molecule has 0 saturated carbocycles. The van der Waals surface area contributed by atoms with Crippen molar-refractivity contribution in [3.05, 3.63) is 70.8 Å². The Kier molecular flexibility index (Phi) is 3.39. The van der Waals surface area contributed by atoms with Gasteiger partial charge in [-0.15, -0.1) is 0 Å². The van der Waals surface area contributed by atoms with E-state index in [1.54, 1.807) is 0 Å². The number of rotatable bonds is 3. The molecular weight excluding hydrogens is 230 g/mol. The standard InChI is InChI=1S/C18H21N/c1-13-7-9-15(10-8-13)14(2)19-18-12-11-16-5-3-4-6-17(16)18/h3-10,14,18-19H,11-12H2,1-2H3/t14-,18?/m0/s1. The van der Waals surface area contributed by atoms with Crippen molar-refractivity contribution in [2.45, 2.75) is 38.8 Å². The Morgan fingerprint density at radius 2 is 1.79 bits per heavy atom. The summed E-state index contributed by atoms with van der Waals surface area (Å²) in [4.78, 5) is 0. The summed E-state index contributed by atoms with van der Waals surface area (Å²) < 4.78 is 0. The van der Waals surface area contributed by atoms with Gasteiger partial charge in [0.1, 0.15) is 0 Å². The molecule has 0 fully saturated rings. The van der Waals surface area contributed by atoms with Gasteiger partial charge in [0.05, 0.1) is 0 Å². The maximum absolute atomic E-state index is 3.77. The molecule has 0 amide bonds. The Labute approximate surface area is 115 Å². The molecule has 19 heavy (non-hydrogen) atoms. The fourth-order valence-electron chi connectivity index (χ4n) is 2.98. The summed E-state index contributed by atoms with van der Waals surface area (Å²) in [6.45, 7) is 4.39. The molecule has 98 valence electrons. The molecule has 2 aromatic rings. The monoisotopic (exact) mass is 251 g/mol. The van der Waals surface area contributed by atoms with Crippen LogP contribution in [0.3, 0.4) is 0 Å².